The number of benzene rings is 2. The standard InChI is InChI=1S/C15H16O4/c1-17-13-7-5-4-6-11(13)10-8-12(16)15(19-3)14(9-10)18-2/h4-9,16H,1-3H3. The van der Waals surface area contributed by atoms with Crippen LogP contribution in [0.4, 0.5) is 0 Å². The molecule has 0 radical (unpaired) electrons. The summed E-state index contributed by atoms with van der Waals surface area (Å²) < 4.78 is 15.7. The zero-order valence-electron chi connectivity index (χ0n) is 11.1. The summed E-state index contributed by atoms with van der Waals surface area (Å²) in [4.78, 5) is 0. The van der Waals surface area contributed by atoms with E-state index in [0.29, 0.717) is 11.5 Å². The Bertz CT molecular complexity index is 578. The molecule has 19 heavy (non-hydrogen) atoms. The fraction of sp³-hybridized carbons (Fsp3) is 0.200. The monoisotopic (exact) mass is 260 g/mol. The van der Waals surface area contributed by atoms with Crippen molar-refractivity contribution >= 4 is 0 Å². The minimum Gasteiger partial charge on any atom is -0.504 e. The maximum atomic E-state index is 9.98. The van der Waals surface area contributed by atoms with Gasteiger partial charge >= 0.3 is 0 Å². The van der Waals surface area contributed by atoms with E-state index in [0.717, 1.165) is 16.9 Å². The molecule has 4 nitrogen and oxygen atoms in total. The van der Waals surface area contributed by atoms with Crippen molar-refractivity contribution in [1.29, 1.82) is 0 Å². The summed E-state index contributed by atoms with van der Waals surface area (Å²) >= 11 is 0. The number of phenols is 1. The second-order valence-electron chi connectivity index (χ2n) is 3.93. The van der Waals surface area contributed by atoms with Gasteiger partial charge < -0.3 is 19.3 Å². The quantitative estimate of drug-likeness (QED) is 0.917. The molecule has 0 bridgehead atoms. The molecule has 100 valence electrons. The molecule has 1 N–H and O–H groups in total. The van der Waals surface area contributed by atoms with E-state index < -0.39 is 0 Å². The minimum atomic E-state index is 0.0303. The lowest BCUT2D eigenvalue weighted by Crippen LogP contribution is -1.93. The molecule has 0 amide bonds. The van der Waals surface area contributed by atoms with Crippen molar-refractivity contribution in [1.82, 2.24) is 0 Å². The first-order valence-corrected chi connectivity index (χ1v) is 5.79. The van der Waals surface area contributed by atoms with Gasteiger partial charge in [0.1, 0.15) is 5.75 Å². The first-order chi connectivity index (χ1) is 9.21. The Morgan fingerprint density at radius 3 is 2.16 bits per heavy atom. The smallest absolute Gasteiger partial charge is 0.203 e. The third-order valence-electron chi connectivity index (χ3n) is 2.88. The maximum Gasteiger partial charge on any atom is 0.203 e. The highest BCUT2D eigenvalue weighted by Crippen LogP contribution is 2.42. The third-order valence-corrected chi connectivity index (χ3v) is 2.88. The van der Waals surface area contributed by atoms with Crippen LogP contribution in [0.2, 0.25) is 0 Å². The molecule has 2 aromatic carbocycles. The molecular weight excluding hydrogens is 244 g/mol. The van der Waals surface area contributed by atoms with Crippen molar-refractivity contribution in [2.75, 3.05) is 21.3 Å². The molecule has 2 rings (SSSR count). The summed E-state index contributed by atoms with van der Waals surface area (Å²) in [5.41, 5.74) is 1.67. The third kappa shape index (κ3) is 2.42. The van der Waals surface area contributed by atoms with Gasteiger partial charge in [-0.25, -0.2) is 0 Å². The topological polar surface area (TPSA) is 47.9 Å². The highest BCUT2D eigenvalue weighted by Gasteiger charge is 2.14. The van der Waals surface area contributed by atoms with E-state index in [4.69, 9.17) is 14.2 Å². The van der Waals surface area contributed by atoms with Crippen molar-refractivity contribution in [3.63, 3.8) is 0 Å². The van der Waals surface area contributed by atoms with Crippen LogP contribution in [0, 0.1) is 0 Å². The lowest BCUT2D eigenvalue weighted by atomic mass is 10.0. The zero-order valence-corrected chi connectivity index (χ0v) is 11.1. The SMILES string of the molecule is COc1ccccc1-c1cc(O)c(OC)c(OC)c1. The Balaban J connectivity index is 2.60. The highest BCUT2D eigenvalue weighted by atomic mass is 16.5. The van der Waals surface area contributed by atoms with Crippen LogP contribution in [-0.4, -0.2) is 26.4 Å². The van der Waals surface area contributed by atoms with Gasteiger partial charge in [0, 0.05) is 5.56 Å². The van der Waals surface area contributed by atoms with Crippen LogP contribution in [-0.2, 0) is 0 Å². The number of para-hydroxylation sites is 1. The summed E-state index contributed by atoms with van der Waals surface area (Å²) in [5, 5.41) is 9.98. The van der Waals surface area contributed by atoms with E-state index in [9.17, 15) is 5.11 Å². The number of phenolic OH excluding ortho intramolecular Hbond substituents is 1. The molecule has 0 saturated carbocycles. The molecular formula is C15H16O4. The Morgan fingerprint density at radius 2 is 1.53 bits per heavy atom. The number of aromatic hydroxyl groups is 1. The summed E-state index contributed by atoms with van der Waals surface area (Å²) in [5.74, 6) is 1.56. The molecule has 0 unspecified atom stereocenters. The van der Waals surface area contributed by atoms with Crippen molar-refractivity contribution in [2.24, 2.45) is 0 Å². The normalized spacial score (nSPS) is 10.1. The van der Waals surface area contributed by atoms with Gasteiger partial charge in [-0.15, -0.1) is 0 Å². The number of methoxy groups -OCH3 is 3. The molecule has 0 fully saturated rings. The van der Waals surface area contributed by atoms with Gasteiger partial charge in [0.25, 0.3) is 0 Å². The number of hydrogen-bond acceptors (Lipinski definition) is 4. The Morgan fingerprint density at radius 1 is 0.842 bits per heavy atom. The highest BCUT2D eigenvalue weighted by molar-refractivity contribution is 5.75. The Kier molecular flexibility index (Phi) is 3.80. The van der Waals surface area contributed by atoms with Gasteiger partial charge in [-0.05, 0) is 23.8 Å². The van der Waals surface area contributed by atoms with E-state index in [2.05, 4.69) is 0 Å². The average molecular weight is 260 g/mol. The van der Waals surface area contributed by atoms with Crippen LogP contribution in [0.15, 0.2) is 36.4 Å². The number of ether oxygens (including phenoxy) is 3. The van der Waals surface area contributed by atoms with Crippen molar-refractivity contribution in [3.05, 3.63) is 36.4 Å². The molecule has 4 heteroatoms. The van der Waals surface area contributed by atoms with Crippen LogP contribution in [0.25, 0.3) is 11.1 Å². The summed E-state index contributed by atoms with van der Waals surface area (Å²) in [6.07, 6.45) is 0. The van der Waals surface area contributed by atoms with Gasteiger partial charge in [-0.3, -0.25) is 0 Å². The first kappa shape index (κ1) is 13.1. The molecule has 0 aliphatic heterocycles. The van der Waals surface area contributed by atoms with E-state index in [-0.39, 0.29) is 5.75 Å². The summed E-state index contributed by atoms with van der Waals surface area (Å²) in [6, 6.07) is 11.0. The van der Waals surface area contributed by atoms with Crippen LogP contribution < -0.4 is 14.2 Å². The fourth-order valence-corrected chi connectivity index (χ4v) is 1.98. The second kappa shape index (κ2) is 5.52. The van der Waals surface area contributed by atoms with Crippen molar-refractivity contribution in [3.8, 4) is 34.1 Å². The van der Waals surface area contributed by atoms with E-state index in [1.807, 2.05) is 24.3 Å². The van der Waals surface area contributed by atoms with Gasteiger partial charge in [-0.2, -0.15) is 0 Å². The Hall–Kier alpha value is -2.36. The molecule has 0 aromatic heterocycles. The number of rotatable bonds is 4. The van der Waals surface area contributed by atoms with Gasteiger partial charge in [-0.1, -0.05) is 18.2 Å². The Labute approximate surface area is 112 Å². The molecule has 0 heterocycles. The maximum absolute atomic E-state index is 9.98. The molecule has 2 aromatic rings. The van der Waals surface area contributed by atoms with Crippen molar-refractivity contribution in [2.45, 2.75) is 0 Å². The predicted molar refractivity (Wildman–Crippen MR) is 73.2 cm³/mol. The predicted octanol–water partition coefficient (Wildman–Crippen LogP) is 3.09. The summed E-state index contributed by atoms with van der Waals surface area (Å²) in [6.45, 7) is 0. The van der Waals surface area contributed by atoms with Crippen LogP contribution in [0.1, 0.15) is 0 Å². The minimum absolute atomic E-state index is 0.0303. The zero-order chi connectivity index (χ0) is 13.8. The lowest BCUT2D eigenvalue weighted by molar-refractivity contribution is 0.333. The molecule has 0 aliphatic carbocycles. The molecule has 0 aliphatic rings. The van der Waals surface area contributed by atoms with E-state index >= 15 is 0 Å². The van der Waals surface area contributed by atoms with Crippen LogP contribution in [0.3, 0.4) is 0 Å². The first-order valence-electron chi connectivity index (χ1n) is 5.79. The molecule has 0 atom stereocenters. The van der Waals surface area contributed by atoms with Gasteiger partial charge in [0.2, 0.25) is 5.75 Å². The van der Waals surface area contributed by atoms with E-state index in [1.165, 1.54) is 14.2 Å². The van der Waals surface area contributed by atoms with Crippen molar-refractivity contribution < 1.29 is 19.3 Å². The van der Waals surface area contributed by atoms with Crippen LogP contribution in [0.5, 0.6) is 23.0 Å². The summed E-state index contributed by atoms with van der Waals surface area (Å²) in [7, 11) is 4.63. The molecule has 0 spiro atoms. The lowest BCUT2D eigenvalue weighted by Gasteiger charge is -2.13. The molecule has 0 saturated heterocycles. The van der Waals surface area contributed by atoms with Crippen LogP contribution >= 0.6 is 0 Å². The number of hydrogen-bond donors (Lipinski definition) is 1. The second-order valence-corrected chi connectivity index (χ2v) is 3.93. The largest absolute Gasteiger partial charge is 0.504 e. The average Bonchev–Trinajstić information content (AvgIpc) is 2.46. The van der Waals surface area contributed by atoms with Gasteiger partial charge in [0.05, 0.1) is 21.3 Å². The van der Waals surface area contributed by atoms with Gasteiger partial charge in [0.15, 0.2) is 11.5 Å². The van der Waals surface area contributed by atoms with E-state index in [1.54, 1.807) is 19.2 Å². The fourth-order valence-electron chi connectivity index (χ4n) is 1.98.